The first-order valence-electron chi connectivity index (χ1n) is 4.98. The van der Waals surface area contributed by atoms with E-state index in [4.69, 9.17) is 34.3 Å². The summed E-state index contributed by atoms with van der Waals surface area (Å²) in [5.41, 5.74) is 7.79. The van der Waals surface area contributed by atoms with Gasteiger partial charge in [-0.15, -0.1) is 0 Å². The molecule has 2 rings (SSSR count). The van der Waals surface area contributed by atoms with Gasteiger partial charge in [-0.05, 0) is 23.8 Å². The van der Waals surface area contributed by atoms with Crippen molar-refractivity contribution in [3.63, 3.8) is 0 Å². The molecule has 0 radical (unpaired) electrons. The van der Waals surface area contributed by atoms with Crippen molar-refractivity contribution in [1.29, 1.82) is 5.41 Å². The van der Waals surface area contributed by atoms with Crippen LogP contribution in [0.3, 0.4) is 0 Å². The van der Waals surface area contributed by atoms with E-state index in [1.54, 1.807) is 18.2 Å². The fourth-order valence-electron chi connectivity index (χ4n) is 1.59. The number of benzene rings is 2. The normalized spacial score (nSPS) is 10.2. The van der Waals surface area contributed by atoms with Crippen molar-refractivity contribution < 1.29 is 0 Å². The Morgan fingerprint density at radius 1 is 1.00 bits per heavy atom. The number of hydrogen-bond acceptors (Lipinski definition) is 1. The van der Waals surface area contributed by atoms with Crippen LogP contribution in [-0.4, -0.2) is 5.84 Å². The Kier molecular flexibility index (Phi) is 3.36. The maximum Gasteiger partial charge on any atom is 0.124 e. The summed E-state index contributed by atoms with van der Waals surface area (Å²) in [5, 5.41) is 8.60. The van der Waals surface area contributed by atoms with Crippen molar-refractivity contribution in [2.45, 2.75) is 0 Å². The molecule has 0 aromatic heterocycles. The minimum atomic E-state index is -0.0363. The van der Waals surface area contributed by atoms with Gasteiger partial charge in [0, 0.05) is 16.1 Å². The van der Waals surface area contributed by atoms with E-state index in [0.717, 1.165) is 11.1 Å². The molecule has 0 bridgehead atoms. The van der Waals surface area contributed by atoms with Crippen LogP contribution in [0.4, 0.5) is 0 Å². The van der Waals surface area contributed by atoms with Crippen molar-refractivity contribution in [1.82, 2.24) is 0 Å². The molecule has 0 aliphatic heterocycles. The summed E-state index contributed by atoms with van der Waals surface area (Å²) in [4.78, 5) is 0. The average molecular weight is 265 g/mol. The highest BCUT2D eigenvalue weighted by Gasteiger charge is 2.09. The molecule has 0 fully saturated rings. The molecule has 0 saturated carbocycles. The van der Waals surface area contributed by atoms with Crippen LogP contribution in [0.2, 0.25) is 10.0 Å². The van der Waals surface area contributed by atoms with Crippen molar-refractivity contribution in [2.75, 3.05) is 0 Å². The second kappa shape index (κ2) is 4.78. The van der Waals surface area contributed by atoms with Gasteiger partial charge in [-0.3, -0.25) is 5.41 Å². The molecule has 2 nitrogen and oxygen atoms in total. The fraction of sp³-hybridized carbons (Fsp3) is 0. The van der Waals surface area contributed by atoms with Gasteiger partial charge in [-0.1, -0.05) is 47.5 Å². The highest BCUT2D eigenvalue weighted by Crippen LogP contribution is 2.31. The molecule has 3 N–H and O–H groups in total. The summed E-state index contributed by atoms with van der Waals surface area (Å²) in [6.45, 7) is 0. The summed E-state index contributed by atoms with van der Waals surface area (Å²) in [6.07, 6.45) is 0. The third-order valence-electron chi connectivity index (χ3n) is 2.44. The van der Waals surface area contributed by atoms with E-state index in [9.17, 15) is 0 Å². The first-order valence-corrected chi connectivity index (χ1v) is 5.74. The zero-order valence-electron chi connectivity index (χ0n) is 8.87. The number of nitrogen functional groups attached to an aromatic ring is 1. The summed E-state index contributed by atoms with van der Waals surface area (Å²) in [6, 6.07) is 12.8. The summed E-state index contributed by atoms with van der Waals surface area (Å²) in [7, 11) is 0. The predicted molar refractivity (Wildman–Crippen MR) is 72.9 cm³/mol. The van der Waals surface area contributed by atoms with E-state index in [2.05, 4.69) is 0 Å². The number of amidine groups is 1. The van der Waals surface area contributed by atoms with E-state index in [-0.39, 0.29) is 5.84 Å². The molecule has 17 heavy (non-hydrogen) atoms. The van der Waals surface area contributed by atoms with Crippen LogP contribution in [0.25, 0.3) is 11.1 Å². The van der Waals surface area contributed by atoms with Gasteiger partial charge in [0.2, 0.25) is 0 Å². The van der Waals surface area contributed by atoms with Crippen molar-refractivity contribution in [2.24, 2.45) is 5.73 Å². The third-order valence-corrected chi connectivity index (χ3v) is 3.10. The van der Waals surface area contributed by atoms with Crippen LogP contribution in [0.1, 0.15) is 5.56 Å². The Labute approximate surface area is 109 Å². The van der Waals surface area contributed by atoms with Crippen LogP contribution >= 0.6 is 23.2 Å². The summed E-state index contributed by atoms with van der Waals surface area (Å²) < 4.78 is 0. The zero-order chi connectivity index (χ0) is 12.4. The van der Waals surface area contributed by atoms with Gasteiger partial charge in [0.15, 0.2) is 0 Å². The van der Waals surface area contributed by atoms with E-state index >= 15 is 0 Å². The lowest BCUT2D eigenvalue weighted by molar-refractivity contribution is 1.42. The summed E-state index contributed by atoms with van der Waals surface area (Å²) in [5.74, 6) is -0.0363. The SMILES string of the molecule is N=C(N)c1cccc(-c2ccc(Cl)cc2)c1Cl. The zero-order valence-corrected chi connectivity index (χ0v) is 10.4. The number of nitrogens with two attached hydrogens (primary N) is 1. The first-order chi connectivity index (χ1) is 8.09. The van der Waals surface area contributed by atoms with Crippen molar-refractivity contribution in [3.8, 4) is 11.1 Å². The van der Waals surface area contributed by atoms with E-state index in [0.29, 0.717) is 15.6 Å². The Hall–Kier alpha value is -1.51. The molecule has 0 aliphatic rings. The van der Waals surface area contributed by atoms with E-state index in [1.807, 2.05) is 24.3 Å². The third kappa shape index (κ3) is 2.43. The van der Waals surface area contributed by atoms with E-state index < -0.39 is 0 Å². The highest BCUT2D eigenvalue weighted by atomic mass is 35.5. The molecule has 86 valence electrons. The van der Waals surface area contributed by atoms with Crippen molar-refractivity contribution in [3.05, 3.63) is 58.1 Å². The van der Waals surface area contributed by atoms with Crippen LogP contribution in [-0.2, 0) is 0 Å². The summed E-state index contributed by atoms with van der Waals surface area (Å²) >= 11 is 12.1. The molecule has 0 spiro atoms. The standard InChI is InChI=1S/C13H10Cl2N2/c14-9-6-4-8(5-7-9)10-2-1-3-11(12(10)15)13(16)17/h1-7H,(H3,16,17). The minimum Gasteiger partial charge on any atom is -0.384 e. The van der Waals surface area contributed by atoms with Gasteiger partial charge in [0.25, 0.3) is 0 Å². The van der Waals surface area contributed by atoms with Gasteiger partial charge in [0.1, 0.15) is 5.84 Å². The maximum absolute atomic E-state index is 7.44. The van der Waals surface area contributed by atoms with Crippen LogP contribution in [0.15, 0.2) is 42.5 Å². The first kappa shape index (κ1) is 12.0. The molecule has 0 heterocycles. The lowest BCUT2D eigenvalue weighted by atomic mass is 10.0. The molecular formula is C13H10Cl2N2. The molecule has 0 amide bonds. The van der Waals surface area contributed by atoms with Crippen LogP contribution < -0.4 is 5.73 Å². The second-order valence-electron chi connectivity index (χ2n) is 3.59. The minimum absolute atomic E-state index is 0.0363. The molecular weight excluding hydrogens is 255 g/mol. The van der Waals surface area contributed by atoms with E-state index in [1.165, 1.54) is 0 Å². The van der Waals surface area contributed by atoms with Crippen molar-refractivity contribution >= 4 is 29.0 Å². The average Bonchev–Trinajstić information content (AvgIpc) is 2.30. The lowest BCUT2D eigenvalue weighted by Crippen LogP contribution is -2.11. The predicted octanol–water partition coefficient (Wildman–Crippen LogP) is 3.94. The number of nitrogens with one attached hydrogen (secondary N) is 1. The maximum atomic E-state index is 7.44. The lowest BCUT2D eigenvalue weighted by Gasteiger charge is -2.08. The van der Waals surface area contributed by atoms with Gasteiger partial charge in [-0.2, -0.15) is 0 Å². The molecule has 4 heteroatoms. The Morgan fingerprint density at radius 2 is 1.65 bits per heavy atom. The number of halogens is 2. The molecule has 0 unspecified atom stereocenters. The molecule has 0 atom stereocenters. The number of hydrogen-bond donors (Lipinski definition) is 2. The Balaban J connectivity index is 2.56. The monoisotopic (exact) mass is 264 g/mol. The molecule has 2 aromatic rings. The fourth-order valence-corrected chi connectivity index (χ4v) is 2.06. The van der Waals surface area contributed by atoms with Gasteiger partial charge in [0.05, 0.1) is 5.02 Å². The highest BCUT2D eigenvalue weighted by molar-refractivity contribution is 6.36. The number of rotatable bonds is 2. The largest absolute Gasteiger partial charge is 0.384 e. The van der Waals surface area contributed by atoms with Gasteiger partial charge >= 0.3 is 0 Å². The second-order valence-corrected chi connectivity index (χ2v) is 4.40. The Morgan fingerprint density at radius 3 is 2.24 bits per heavy atom. The van der Waals surface area contributed by atoms with Crippen LogP contribution in [0, 0.1) is 5.41 Å². The Bertz CT molecular complexity index is 562. The smallest absolute Gasteiger partial charge is 0.124 e. The molecule has 0 aliphatic carbocycles. The van der Waals surface area contributed by atoms with Crippen LogP contribution in [0.5, 0.6) is 0 Å². The molecule has 0 saturated heterocycles. The quantitative estimate of drug-likeness (QED) is 0.627. The topological polar surface area (TPSA) is 49.9 Å². The van der Waals surface area contributed by atoms with Gasteiger partial charge < -0.3 is 5.73 Å². The van der Waals surface area contributed by atoms with Gasteiger partial charge in [-0.25, -0.2) is 0 Å². The molecule has 2 aromatic carbocycles.